The molecule has 2 aliphatic rings. The third kappa shape index (κ3) is 10.2. The summed E-state index contributed by atoms with van der Waals surface area (Å²) in [5.41, 5.74) is 7.35. The number of rotatable bonds is 7. The SMILES string of the molecule is CCCOC(=O)NC1CC(C)(C)CC(C)(C(C)(C)N)C1.CNCC1(C)CC(C(C)C)CC(C)(C)C1.[HH]. The van der Waals surface area contributed by atoms with E-state index in [2.05, 4.69) is 86.9 Å². The number of carbonyl (C=O) groups is 1. The Labute approximate surface area is 220 Å². The van der Waals surface area contributed by atoms with E-state index in [4.69, 9.17) is 10.5 Å². The Morgan fingerprint density at radius 3 is 2.09 bits per heavy atom. The van der Waals surface area contributed by atoms with Crippen LogP contribution in [0.5, 0.6) is 0 Å². The molecule has 0 aromatic rings. The van der Waals surface area contributed by atoms with E-state index in [0.29, 0.717) is 17.4 Å². The molecule has 4 unspecified atom stereocenters. The average molecular weight is 498 g/mol. The van der Waals surface area contributed by atoms with Gasteiger partial charge in [-0.05, 0) is 99.3 Å². The molecule has 2 rings (SSSR count). The van der Waals surface area contributed by atoms with E-state index in [0.717, 1.165) is 37.5 Å². The summed E-state index contributed by atoms with van der Waals surface area (Å²) in [4.78, 5) is 11.8. The number of carbonyl (C=O) groups excluding carboxylic acids is 1. The molecular formula is C30H63N3O2. The molecule has 0 aromatic heterocycles. The van der Waals surface area contributed by atoms with E-state index >= 15 is 0 Å². The van der Waals surface area contributed by atoms with Crippen molar-refractivity contribution in [1.82, 2.24) is 10.6 Å². The molecule has 0 saturated heterocycles. The first kappa shape index (κ1) is 32.2. The molecule has 4 atom stereocenters. The van der Waals surface area contributed by atoms with Gasteiger partial charge >= 0.3 is 6.09 Å². The minimum atomic E-state index is -0.299. The van der Waals surface area contributed by atoms with Gasteiger partial charge in [-0.2, -0.15) is 0 Å². The molecule has 1 amide bonds. The van der Waals surface area contributed by atoms with Crippen molar-refractivity contribution in [2.45, 2.75) is 133 Å². The van der Waals surface area contributed by atoms with Gasteiger partial charge in [-0.25, -0.2) is 4.79 Å². The molecule has 35 heavy (non-hydrogen) atoms. The Morgan fingerprint density at radius 1 is 1.03 bits per heavy atom. The van der Waals surface area contributed by atoms with Gasteiger partial charge in [0, 0.05) is 19.6 Å². The third-order valence-corrected chi connectivity index (χ3v) is 8.70. The first-order chi connectivity index (χ1) is 15.8. The number of amides is 1. The standard InChI is InChI=1S/C16H32N2O2.C14H29N.H2/c1-7-8-20-13(19)18-12-9-14(2,3)11-16(6,10-12)15(4,5)17;1-11(2)12-7-13(3,4)9-14(5,8-12)10-15-6;/h12H,7-11,17H2,1-6H3,(H,18,19);11-12,15H,7-10H2,1-6H3;1H. The van der Waals surface area contributed by atoms with Crippen molar-refractivity contribution in [3.8, 4) is 0 Å². The highest BCUT2D eigenvalue weighted by Crippen LogP contribution is 2.51. The second kappa shape index (κ2) is 12.2. The van der Waals surface area contributed by atoms with Crippen molar-refractivity contribution in [3.05, 3.63) is 0 Å². The lowest BCUT2D eigenvalue weighted by Gasteiger charge is -2.52. The van der Waals surface area contributed by atoms with Crippen LogP contribution >= 0.6 is 0 Å². The number of alkyl carbamates (subject to hydrolysis) is 1. The number of ether oxygens (including phenoxy) is 1. The summed E-state index contributed by atoms with van der Waals surface area (Å²) in [5, 5.41) is 6.40. The summed E-state index contributed by atoms with van der Waals surface area (Å²) >= 11 is 0. The second-order valence-corrected chi connectivity index (χ2v) is 15.1. The number of nitrogens with one attached hydrogen (secondary N) is 2. The average Bonchev–Trinajstić information content (AvgIpc) is 2.62. The Hall–Kier alpha value is -0.810. The summed E-state index contributed by atoms with van der Waals surface area (Å²) in [6, 6.07) is 0.135. The highest BCUT2D eigenvalue weighted by Gasteiger charge is 2.48. The number of hydrogen-bond acceptors (Lipinski definition) is 4. The first-order valence-corrected chi connectivity index (χ1v) is 14.1. The number of nitrogens with two attached hydrogens (primary N) is 1. The second-order valence-electron chi connectivity index (χ2n) is 15.1. The van der Waals surface area contributed by atoms with Gasteiger partial charge in [-0.15, -0.1) is 0 Å². The summed E-state index contributed by atoms with van der Waals surface area (Å²) in [6.07, 6.45) is 7.67. The van der Waals surface area contributed by atoms with Crippen molar-refractivity contribution in [1.29, 1.82) is 0 Å². The number of hydrogen-bond donors (Lipinski definition) is 3. The van der Waals surface area contributed by atoms with Gasteiger partial charge in [-0.1, -0.05) is 62.3 Å². The Balaban J connectivity index is 0.000000687. The van der Waals surface area contributed by atoms with Gasteiger partial charge in [-0.3, -0.25) is 0 Å². The van der Waals surface area contributed by atoms with Crippen LogP contribution in [0.25, 0.3) is 0 Å². The molecule has 0 bridgehead atoms. The quantitative estimate of drug-likeness (QED) is 0.343. The van der Waals surface area contributed by atoms with Crippen LogP contribution in [0.2, 0.25) is 0 Å². The predicted molar refractivity (Wildman–Crippen MR) is 153 cm³/mol. The van der Waals surface area contributed by atoms with Crippen molar-refractivity contribution in [2.75, 3.05) is 20.2 Å². The molecule has 5 nitrogen and oxygen atoms in total. The lowest BCUT2D eigenvalue weighted by atomic mass is 9.56. The zero-order valence-electron chi connectivity index (χ0n) is 25.5. The topological polar surface area (TPSA) is 76.4 Å². The van der Waals surface area contributed by atoms with Crippen LogP contribution in [0.4, 0.5) is 4.79 Å². The fourth-order valence-corrected chi connectivity index (χ4v) is 7.23. The van der Waals surface area contributed by atoms with Gasteiger partial charge in [0.25, 0.3) is 0 Å². The van der Waals surface area contributed by atoms with E-state index in [1.807, 2.05) is 6.92 Å². The van der Waals surface area contributed by atoms with Crippen LogP contribution in [0.3, 0.4) is 0 Å². The fourth-order valence-electron chi connectivity index (χ4n) is 7.23. The molecule has 0 spiro atoms. The largest absolute Gasteiger partial charge is 0.450 e. The van der Waals surface area contributed by atoms with Crippen molar-refractivity contribution in [2.24, 2.45) is 39.2 Å². The van der Waals surface area contributed by atoms with Crippen LogP contribution in [-0.4, -0.2) is 37.9 Å². The van der Waals surface area contributed by atoms with E-state index < -0.39 is 0 Å². The molecule has 0 aliphatic heterocycles. The van der Waals surface area contributed by atoms with Gasteiger partial charge < -0.3 is 21.1 Å². The third-order valence-electron chi connectivity index (χ3n) is 8.70. The van der Waals surface area contributed by atoms with Gasteiger partial charge in [0.2, 0.25) is 0 Å². The van der Waals surface area contributed by atoms with Crippen LogP contribution in [0.1, 0.15) is 123 Å². The normalized spacial score (nSPS) is 32.4. The van der Waals surface area contributed by atoms with Crippen LogP contribution < -0.4 is 16.4 Å². The maximum absolute atomic E-state index is 11.8. The van der Waals surface area contributed by atoms with E-state index in [1.54, 1.807) is 0 Å². The summed E-state index contributed by atoms with van der Waals surface area (Å²) in [6.45, 7) is 26.6. The molecular weight excluding hydrogens is 434 g/mol. The highest BCUT2D eigenvalue weighted by atomic mass is 16.5. The minimum absolute atomic E-state index is 0. The van der Waals surface area contributed by atoms with Gasteiger partial charge in [0.05, 0.1) is 6.61 Å². The van der Waals surface area contributed by atoms with Crippen molar-refractivity contribution >= 4 is 6.09 Å². The molecule has 4 N–H and O–H groups in total. The Bertz CT molecular complexity index is 674. The first-order valence-electron chi connectivity index (χ1n) is 14.1. The Morgan fingerprint density at radius 2 is 1.60 bits per heavy atom. The van der Waals surface area contributed by atoms with E-state index in [1.165, 1.54) is 25.8 Å². The summed E-state index contributed by atoms with van der Waals surface area (Å²) in [7, 11) is 2.08. The molecule has 0 heterocycles. The fraction of sp³-hybridized carbons (Fsp3) is 0.967. The maximum atomic E-state index is 11.8. The zero-order chi connectivity index (χ0) is 27.3. The van der Waals surface area contributed by atoms with Crippen molar-refractivity contribution < 1.29 is 11.0 Å². The van der Waals surface area contributed by atoms with Crippen LogP contribution in [0.15, 0.2) is 0 Å². The van der Waals surface area contributed by atoms with Crippen LogP contribution in [0, 0.1) is 33.5 Å². The minimum Gasteiger partial charge on any atom is -0.450 e. The lowest BCUT2D eigenvalue weighted by molar-refractivity contribution is 0.0183. The van der Waals surface area contributed by atoms with Crippen LogP contribution in [-0.2, 0) is 4.74 Å². The highest BCUT2D eigenvalue weighted by molar-refractivity contribution is 5.67. The van der Waals surface area contributed by atoms with Gasteiger partial charge in [0.1, 0.15) is 0 Å². The summed E-state index contributed by atoms with van der Waals surface area (Å²) in [5.74, 6) is 1.74. The lowest BCUT2D eigenvalue weighted by Crippen LogP contribution is -2.57. The molecule has 0 radical (unpaired) electrons. The van der Waals surface area contributed by atoms with E-state index in [9.17, 15) is 4.79 Å². The van der Waals surface area contributed by atoms with E-state index in [-0.39, 0.29) is 29.9 Å². The molecule has 2 fully saturated rings. The predicted octanol–water partition coefficient (Wildman–Crippen LogP) is 7.39. The Kier molecular flexibility index (Phi) is 11.2. The molecule has 5 heteroatoms. The molecule has 2 aliphatic carbocycles. The monoisotopic (exact) mass is 497 g/mol. The summed E-state index contributed by atoms with van der Waals surface area (Å²) < 4.78 is 5.13. The molecule has 210 valence electrons. The molecule has 0 aromatic carbocycles. The zero-order valence-corrected chi connectivity index (χ0v) is 25.5. The maximum Gasteiger partial charge on any atom is 0.407 e. The van der Waals surface area contributed by atoms with Gasteiger partial charge in [0.15, 0.2) is 0 Å². The smallest absolute Gasteiger partial charge is 0.407 e. The molecule has 2 saturated carbocycles. The van der Waals surface area contributed by atoms with Crippen molar-refractivity contribution in [3.63, 3.8) is 0 Å².